The van der Waals surface area contributed by atoms with Crippen LogP contribution in [0.5, 0.6) is 11.5 Å². The van der Waals surface area contributed by atoms with Crippen LogP contribution in [0.3, 0.4) is 0 Å². The number of piperazine rings is 1. The van der Waals surface area contributed by atoms with Gasteiger partial charge >= 0.3 is 0 Å². The van der Waals surface area contributed by atoms with Gasteiger partial charge in [-0.25, -0.2) is 0 Å². The number of hydrogen-bond donors (Lipinski definition) is 0. The van der Waals surface area contributed by atoms with Gasteiger partial charge in [-0.1, -0.05) is 11.6 Å². The van der Waals surface area contributed by atoms with E-state index in [0.717, 1.165) is 4.90 Å². The van der Waals surface area contributed by atoms with E-state index in [0.29, 0.717) is 54.0 Å². The van der Waals surface area contributed by atoms with Crippen molar-refractivity contribution in [2.24, 2.45) is 0 Å². The minimum atomic E-state index is -0.0927. The molecule has 0 radical (unpaired) electrons. The van der Waals surface area contributed by atoms with Crippen LogP contribution < -0.4 is 9.47 Å². The minimum absolute atomic E-state index is 0.0695. The van der Waals surface area contributed by atoms with Crippen molar-refractivity contribution in [2.75, 3.05) is 46.2 Å². The lowest BCUT2D eigenvalue weighted by Crippen LogP contribution is -2.51. The Hall–Kier alpha value is -2.38. The van der Waals surface area contributed by atoms with Crippen LogP contribution in [0.1, 0.15) is 10.4 Å². The summed E-state index contributed by atoms with van der Waals surface area (Å²) in [6.45, 7) is 2.03. The Balaban J connectivity index is 1.53. The molecular formula is C21H23ClN2O4S. The van der Waals surface area contributed by atoms with Gasteiger partial charge in [0.15, 0.2) is 0 Å². The molecule has 1 saturated heterocycles. The zero-order chi connectivity index (χ0) is 20.8. The maximum atomic E-state index is 12.8. The van der Waals surface area contributed by atoms with Crippen LogP contribution in [0.15, 0.2) is 47.4 Å². The summed E-state index contributed by atoms with van der Waals surface area (Å²) in [4.78, 5) is 29.9. The Labute approximate surface area is 179 Å². The van der Waals surface area contributed by atoms with E-state index in [9.17, 15) is 9.59 Å². The predicted octanol–water partition coefficient (Wildman–Crippen LogP) is 3.43. The first-order valence-corrected chi connectivity index (χ1v) is 10.5. The quantitative estimate of drug-likeness (QED) is 0.652. The van der Waals surface area contributed by atoms with Gasteiger partial charge in [0, 0.05) is 47.7 Å². The van der Waals surface area contributed by atoms with Gasteiger partial charge in [0.2, 0.25) is 5.91 Å². The lowest BCUT2D eigenvalue weighted by Gasteiger charge is -2.35. The highest BCUT2D eigenvalue weighted by atomic mass is 35.5. The monoisotopic (exact) mass is 434 g/mol. The summed E-state index contributed by atoms with van der Waals surface area (Å²) in [6.07, 6.45) is 0. The number of hydrogen-bond acceptors (Lipinski definition) is 5. The molecule has 1 aliphatic heterocycles. The molecule has 1 heterocycles. The van der Waals surface area contributed by atoms with Crippen molar-refractivity contribution < 1.29 is 19.1 Å². The highest BCUT2D eigenvalue weighted by molar-refractivity contribution is 8.00. The summed E-state index contributed by atoms with van der Waals surface area (Å²) in [5, 5.41) is 0.676. The molecule has 0 aliphatic carbocycles. The third kappa shape index (κ3) is 5.58. The van der Waals surface area contributed by atoms with E-state index in [1.807, 2.05) is 24.3 Å². The van der Waals surface area contributed by atoms with Crippen LogP contribution in [0.25, 0.3) is 0 Å². The molecule has 8 heteroatoms. The molecule has 0 spiro atoms. The number of carbonyl (C=O) groups excluding carboxylic acids is 2. The van der Waals surface area contributed by atoms with Crippen molar-refractivity contribution in [3.05, 3.63) is 53.1 Å². The number of nitrogens with zero attached hydrogens (tertiary/aromatic N) is 2. The number of thioether (sulfide) groups is 1. The van der Waals surface area contributed by atoms with Crippen LogP contribution in [0, 0.1) is 0 Å². The van der Waals surface area contributed by atoms with E-state index in [1.165, 1.54) is 11.8 Å². The second-order valence-electron chi connectivity index (χ2n) is 6.52. The molecule has 6 nitrogen and oxygen atoms in total. The van der Waals surface area contributed by atoms with E-state index >= 15 is 0 Å². The number of amides is 2. The molecule has 1 fully saturated rings. The smallest absolute Gasteiger partial charge is 0.254 e. The molecule has 2 aromatic rings. The SMILES string of the molecule is COc1cc(OC)cc(C(=O)N2CCN(C(=O)CSc3ccc(Cl)cc3)CC2)c1. The van der Waals surface area contributed by atoms with Crippen LogP contribution in [0.4, 0.5) is 0 Å². The topological polar surface area (TPSA) is 59.1 Å². The van der Waals surface area contributed by atoms with Gasteiger partial charge in [0.1, 0.15) is 11.5 Å². The van der Waals surface area contributed by atoms with Gasteiger partial charge in [-0.15, -0.1) is 11.8 Å². The van der Waals surface area contributed by atoms with E-state index in [4.69, 9.17) is 21.1 Å². The average molecular weight is 435 g/mol. The van der Waals surface area contributed by atoms with E-state index < -0.39 is 0 Å². The lowest BCUT2D eigenvalue weighted by molar-refractivity contribution is -0.129. The number of methoxy groups -OCH3 is 2. The second-order valence-corrected chi connectivity index (χ2v) is 8.00. The largest absolute Gasteiger partial charge is 0.497 e. The van der Waals surface area contributed by atoms with E-state index in [1.54, 1.807) is 42.2 Å². The fourth-order valence-corrected chi connectivity index (χ4v) is 3.97. The van der Waals surface area contributed by atoms with Crippen LogP contribution in [-0.2, 0) is 4.79 Å². The molecule has 2 amide bonds. The zero-order valence-corrected chi connectivity index (χ0v) is 18.0. The van der Waals surface area contributed by atoms with Gasteiger partial charge in [-0.3, -0.25) is 9.59 Å². The Morgan fingerprint density at radius 3 is 2.03 bits per heavy atom. The van der Waals surface area contributed by atoms with Crippen molar-refractivity contribution in [1.82, 2.24) is 9.80 Å². The molecule has 29 heavy (non-hydrogen) atoms. The fourth-order valence-electron chi connectivity index (χ4n) is 3.04. The van der Waals surface area contributed by atoms with Gasteiger partial charge in [0.05, 0.1) is 20.0 Å². The van der Waals surface area contributed by atoms with E-state index in [2.05, 4.69) is 0 Å². The molecule has 0 unspecified atom stereocenters. The Morgan fingerprint density at radius 2 is 1.48 bits per heavy atom. The molecule has 154 valence electrons. The highest BCUT2D eigenvalue weighted by Crippen LogP contribution is 2.24. The Morgan fingerprint density at radius 1 is 0.931 bits per heavy atom. The molecule has 0 bridgehead atoms. The number of carbonyl (C=O) groups is 2. The summed E-state index contributed by atoms with van der Waals surface area (Å²) >= 11 is 7.37. The molecule has 2 aromatic carbocycles. The summed E-state index contributed by atoms with van der Waals surface area (Å²) in [5.41, 5.74) is 0.513. The van der Waals surface area contributed by atoms with Gasteiger partial charge in [-0.2, -0.15) is 0 Å². The number of halogens is 1. The van der Waals surface area contributed by atoms with Crippen molar-refractivity contribution in [2.45, 2.75) is 4.90 Å². The fraction of sp³-hybridized carbons (Fsp3) is 0.333. The average Bonchev–Trinajstić information content (AvgIpc) is 2.77. The minimum Gasteiger partial charge on any atom is -0.497 e. The molecule has 3 rings (SSSR count). The zero-order valence-electron chi connectivity index (χ0n) is 16.4. The van der Waals surface area contributed by atoms with Crippen LogP contribution in [-0.4, -0.2) is 67.8 Å². The third-order valence-electron chi connectivity index (χ3n) is 4.69. The second kappa shape index (κ2) is 9.89. The van der Waals surface area contributed by atoms with Gasteiger partial charge in [-0.05, 0) is 36.4 Å². The molecular weight excluding hydrogens is 412 g/mol. The van der Waals surface area contributed by atoms with E-state index in [-0.39, 0.29) is 11.8 Å². The highest BCUT2D eigenvalue weighted by Gasteiger charge is 2.25. The van der Waals surface area contributed by atoms with Gasteiger partial charge < -0.3 is 19.3 Å². The summed E-state index contributed by atoms with van der Waals surface area (Å²) in [6, 6.07) is 12.6. The van der Waals surface area contributed by atoms with Crippen molar-refractivity contribution in [1.29, 1.82) is 0 Å². The molecule has 0 aromatic heterocycles. The Kier molecular flexibility index (Phi) is 7.28. The number of ether oxygens (including phenoxy) is 2. The summed E-state index contributed by atoms with van der Waals surface area (Å²) in [5.74, 6) is 1.48. The maximum absolute atomic E-state index is 12.8. The predicted molar refractivity (Wildman–Crippen MR) is 114 cm³/mol. The summed E-state index contributed by atoms with van der Waals surface area (Å²) in [7, 11) is 3.10. The molecule has 0 N–H and O–H groups in total. The molecule has 0 atom stereocenters. The number of rotatable bonds is 6. The van der Waals surface area contributed by atoms with Crippen molar-refractivity contribution in [3.8, 4) is 11.5 Å². The third-order valence-corrected chi connectivity index (χ3v) is 5.94. The molecule has 0 saturated carbocycles. The first-order valence-electron chi connectivity index (χ1n) is 9.18. The normalized spacial score (nSPS) is 13.9. The molecule has 1 aliphatic rings. The summed E-state index contributed by atoms with van der Waals surface area (Å²) < 4.78 is 10.5. The van der Waals surface area contributed by atoms with Crippen LogP contribution >= 0.6 is 23.4 Å². The first kappa shape index (κ1) is 21.3. The van der Waals surface area contributed by atoms with Crippen LogP contribution in [0.2, 0.25) is 5.02 Å². The first-order chi connectivity index (χ1) is 14.0. The maximum Gasteiger partial charge on any atom is 0.254 e. The standard InChI is InChI=1S/C21H23ClN2O4S/c1-27-17-11-15(12-18(13-17)28-2)21(26)24-9-7-23(8-10-24)20(25)14-29-19-5-3-16(22)4-6-19/h3-6,11-13H,7-10,14H2,1-2H3. The van der Waals surface area contributed by atoms with Crippen molar-refractivity contribution >= 4 is 35.2 Å². The van der Waals surface area contributed by atoms with Gasteiger partial charge in [0.25, 0.3) is 5.91 Å². The van der Waals surface area contributed by atoms with Crippen molar-refractivity contribution in [3.63, 3.8) is 0 Å². The lowest BCUT2D eigenvalue weighted by atomic mass is 10.1. The number of benzene rings is 2. The Bertz CT molecular complexity index is 845.